The maximum atomic E-state index is 11.9. The summed E-state index contributed by atoms with van der Waals surface area (Å²) in [7, 11) is 4.51. The van der Waals surface area contributed by atoms with E-state index >= 15 is 0 Å². The topological polar surface area (TPSA) is 97.1 Å². The lowest BCUT2D eigenvalue weighted by molar-refractivity contribution is -0.384. The van der Waals surface area contributed by atoms with Crippen molar-refractivity contribution in [3.63, 3.8) is 0 Å². The predicted molar refractivity (Wildman–Crippen MR) is 98.0 cm³/mol. The van der Waals surface area contributed by atoms with Crippen LogP contribution in [0.2, 0.25) is 0 Å². The van der Waals surface area contributed by atoms with E-state index in [2.05, 4.69) is 0 Å². The maximum Gasteiger partial charge on any atom is 0.331 e. The standard InChI is InChI=1S/C19H19NO7/c1-24-16-10-14(11-17(25-2)19(16)26-3)6-9-18(21)27-12-13-4-7-15(8-5-13)20(22)23/h4-11H,12H2,1-3H3/b9-6+. The van der Waals surface area contributed by atoms with E-state index in [1.54, 1.807) is 18.2 Å². The summed E-state index contributed by atoms with van der Waals surface area (Å²) in [5, 5.41) is 10.6. The fraction of sp³-hybridized carbons (Fsp3) is 0.211. The molecule has 142 valence electrons. The monoisotopic (exact) mass is 373 g/mol. The van der Waals surface area contributed by atoms with Crippen LogP contribution in [0.3, 0.4) is 0 Å². The van der Waals surface area contributed by atoms with Crippen molar-refractivity contribution >= 4 is 17.7 Å². The van der Waals surface area contributed by atoms with Crippen molar-refractivity contribution in [2.24, 2.45) is 0 Å². The number of nitro groups is 1. The third-order valence-electron chi connectivity index (χ3n) is 3.63. The van der Waals surface area contributed by atoms with Crippen LogP contribution in [0.4, 0.5) is 5.69 Å². The molecular formula is C19H19NO7. The zero-order valence-corrected chi connectivity index (χ0v) is 15.1. The number of esters is 1. The van der Waals surface area contributed by atoms with E-state index in [-0.39, 0.29) is 12.3 Å². The molecule has 0 saturated carbocycles. The second-order valence-corrected chi connectivity index (χ2v) is 5.32. The molecule has 0 aromatic heterocycles. The Morgan fingerprint density at radius 1 is 1.04 bits per heavy atom. The number of hydrogen-bond acceptors (Lipinski definition) is 7. The molecule has 0 spiro atoms. The normalized spacial score (nSPS) is 10.5. The number of nitrogens with zero attached hydrogens (tertiary/aromatic N) is 1. The van der Waals surface area contributed by atoms with Gasteiger partial charge in [0.1, 0.15) is 6.61 Å². The van der Waals surface area contributed by atoms with Crippen molar-refractivity contribution in [3.8, 4) is 17.2 Å². The van der Waals surface area contributed by atoms with Crippen LogP contribution in [0.25, 0.3) is 6.08 Å². The van der Waals surface area contributed by atoms with Gasteiger partial charge in [0.2, 0.25) is 5.75 Å². The highest BCUT2D eigenvalue weighted by Gasteiger charge is 2.12. The van der Waals surface area contributed by atoms with E-state index in [1.165, 1.54) is 51.7 Å². The third-order valence-corrected chi connectivity index (χ3v) is 3.63. The Bertz CT molecular complexity index is 819. The van der Waals surface area contributed by atoms with E-state index in [9.17, 15) is 14.9 Å². The Morgan fingerprint density at radius 3 is 2.11 bits per heavy atom. The van der Waals surface area contributed by atoms with E-state index in [0.717, 1.165) is 0 Å². The summed E-state index contributed by atoms with van der Waals surface area (Å²) >= 11 is 0. The van der Waals surface area contributed by atoms with Crippen molar-refractivity contribution in [1.29, 1.82) is 0 Å². The second-order valence-electron chi connectivity index (χ2n) is 5.32. The minimum atomic E-state index is -0.554. The van der Waals surface area contributed by atoms with E-state index in [1.807, 2.05) is 0 Å². The van der Waals surface area contributed by atoms with E-state index in [0.29, 0.717) is 28.4 Å². The summed E-state index contributed by atoms with van der Waals surface area (Å²) in [6.45, 7) is 0.0103. The summed E-state index contributed by atoms with van der Waals surface area (Å²) in [4.78, 5) is 22.0. The van der Waals surface area contributed by atoms with Crippen LogP contribution >= 0.6 is 0 Å². The minimum Gasteiger partial charge on any atom is -0.493 e. The Kier molecular flexibility index (Phi) is 6.76. The van der Waals surface area contributed by atoms with Gasteiger partial charge in [-0.3, -0.25) is 10.1 Å². The second kappa shape index (κ2) is 9.23. The van der Waals surface area contributed by atoms with Crippen molar-refractivity contribution in [3.05, 3.63) is 63.7 Å². The molecule has 2 aromatic carbocycles. The quantitative estimate of drug-likeness (QED) is 0.303. The van der Waals surface area contributed by atoms with Gasteiger partial charge in [-0.25, -0.2) is 4.79 Å². The maximum absolute atomic E-state index is 11.9. The zero-order valence-electron chi connectivity index (χ0n) is 15.1. The molecule has 0 heterocycles. The molecule has 0 aliphatic rings. The molecule has 0 unspecified atom stereocenters. The lowest BCUT2D eigenvalue weighted by Gasteiger charge is -2.12. The number of nitro benzene ring substituents is 1. The summed E-state index contributed by atoms with van der Waals surface area (Å²) in [6, 6.07) is 9.18. The van der Waals surface area contributed by atoms with Gasteiger partial charge in [0.15, 0.2) is 11.5 Å². The average molecular weight is 373 g/mol. The molecule has 0 aliphatic heterocycles. The van der Waals surface area contributed by atoms with Crippen molar-refractivity contribution in [2.75, 3.05) is 21.3 Å². The molecule has 8 heteroatoms. The van der Waals surface area contributed by atoms with Gasteiger partial charge in [-0.15, -0.1) is 0 Å². The lowest BCUT2D eigenvalue weighted by atomic mass is 10.1. The van der Waals surface area contributed by atoms with Crippen LogP contribution in [-0.2, 0) is 16.1 Å². The SMILES string of the molecule is COc1cc(/C=C/C(=O)OCc2ccc([N+](=O)[O-])cc2)cc(OC)c1OC. The van der Waals surface area contributed by atoms with Crippen LogP contribution < -0.4 is 14.2 Å². The number of non-ortho nitro benzene ring substituents is 1. The molecule has 2 aromatic rings. The highest BCUT2D eigenvalue weighted by atomic mass is 16.6. The van der Waals surface area contributed by atoms with Crippen LogP contribution in [0.1, 0.15) is 11.1 Å². The summed E-state index contributed by atoms with van der Waals surface area (Å²) < 4.78 is 20.9. The molecule has 8 nitrogen and oxygen atoms in total. The average Bonchev–Trinajstić information content (AvgIpc) is 2.69. The molecule has 2 rings (SSSR count). The van der Waals surface area contributed by atoms with Gasteiger partial charge in [-0.2, -0.15) is 0 Å². The van der Waals surface area contributed by atoms with Crippen molar-refractivity contribution in [1.82, 2.24) is 0 Å². The largest absolute Gasteiger partial charge is 0.493 e. The Hall–Kier alpha value is -3.55. The zero-order chi connectivity index (χ0) is 19.8. The third kappa shape index (κ3) is 5.21. The number of hydrogen-bond donors (Lipinski definition) is 0. The number of benzene rings is 2. The van der Waals surface area contributed by atoms with Crippen LogP contribution in [0.5, 0.6) is 17.2 Å². The van der Waals surface area contributed by atoms with Gasteiger partial charge in [-0.1, -0.05) is 0 Å². The molecule has 0 atom stereocenters. The Labute approximate surface area is 156 Å². The Balaban J connectivity index is 2.02. The number of methoxy groups -OCH3 is 3. The first-order chi connectivity index (χ1) is 13.0. The first-order valence-corrected chi connectivity index (χ1v) is 7.86. The van der Waals surface area contributed by atoms with Gasteiger partial charge in [0.05, 0.1) is 26.3 Å². The summed E-state index contributed by atoms with van der Waals surface area (Å²) in [6.07, 6.45) is 2.83. The molecule has 0 N–H and O–H groups in total. The van der Waals surface area contributed by atoms with E-state index in [4.69, 9.17) is 18.9 Å². The molecule has 0 saturated heterocycles. The molecule has 0 amide bonds. The molecular weight excluding hydrogens is 354 g/mol. The summed E-state index contributed by atoms with van der Waals surface area (Å²) in [5.74, 6) is 0.839. The lowest BCUT2D eigenvalue weighted by Crippen LogP contribution is -2.01. The van der Waals surface area contributed by atoms with Crippen LogP contribution in [0.15, 0.2) is 42.5 Å². The Morgan fingerprint density at radius 2 is 1.63 bits per heavy atom. The minimum absolute atomic E-state index is 0.0103. The highest BCUT2D eigenvalue weighted by molar-refractivity contribution is 5.87. The van der Waals surface area contributed by atoms with Crippen LogP contribution in [-0.4, -0.2) is 32.2 Å². The first kappa shape index (κ1) is 19.8. The summed E-state index contributed by atoms with van der Waals surface area (Å²) in [5.41, 5.74) is 1.29. The predicted octanol–water partition coefficient (Wildman–Crippen LogP) is 3.38. The number of carbonyl (C=O) groups excluding carboxylic acids is 1. The van der Waals surface area contributed by atoms with Gasteiger partial charge in [0.25, 0.3) is 5.69 Å². The molecule has 0 aliphatic carbocycles. The molecule has 0 fully saturated rings. The number of ether oxygens (including phenoxy) is 4. The number of carbonyl (C=O) groups is 1. The van der Waals surface area contributed by atoms with Gasteiger partial charge in [-0.05, 0) is 41.5 Å². The van der Waals surface area contributed by atoms with Crippen molar-refractivity contribution < 1.29 is 28.7 Å². The highest BCUT2D eigenvalue weighted by Crippen LogP contribution is 2.38. The van der Waals surface area contributed by atoms with E-state index < -0.39 is 10.9 Å². The first-order valence-electron chi connectivity index (χ1n) is 7.86. The molecule has 27 heavy (non-hydrogen) atoms. The smallest absolute Gasteiger partial charge is 0.331 e. The van der Waals surface area contributed by atoms with Crippen molar-refractivity contribution in [2.45, 2.75) is 6.61 Å². The molecule has 0 radical (unpaired) electrons. The molecule has 0 bridgehead atoms. The van der Waals surface area contributed by atoms with Crippen LogP contribution in [0, 0.1) is 10.1 Å². The van der Waals surface area contributed by atoms with Gasteiger partial charge < -0.3 is 18.9 Å². The van der Waals surface area contributed by atoms with Gasteiger partial charge >= 0.3 is 5.97 Å². The number of rotatable bonds is 8. The fourth-order valence-corrected chi connectivity index (χ4v) is 2.28. The fourth-order valence-electron chi connectivity index (χ4n) is 2.28. The van der Waals surface area contributed by atoms with Gasteiger partial charge in [0, 0.05) is 18.2 Å².